The van der Waals surface area contributed by atoms with Crippen molar-refractivity contribution in [2.24, 2.45) is 0 Å². The zero-order chi connectivity index (χ0) is 19.1. The van der Waals surface area contributed by atoms with Crippen LogP contribution in [0.3, 0.4) is 0 Å². The number of aryl methyl sites for hydroxylation is 1. The number of hydrogen-bond acceptors (Lipinski definition) is 5. The SMILES string of the molecule is CCn1cnnc1CCNC(=O)CC1C(=O)NCCN1Cc1ccccc1. The van der Waals surface area contributed by atoms with E-state index in [-0.39, 0.29) is 18.2 Å². The minimum Gasteiger partial charge on any atom is -0.356 e. The van der Waals surface area contributed by atoms with Crippen LogP contribution in [0.1, 0.15) is 24.7 Å². The van der Waals surface area contributed by atoms with Crippen molar-refractivity contribution in [1.82, 2.24) is 30.3 Å². The van der Waals surface area contributed by atoms with E-state index in [1.54, 1.807) is 6.33 Å². The van der Waals surface area contributed by atoms with Gasteiger partial charge in [-0.05, 0) is 12.5 Å². The van der Waals surface area contributed by atoms with Gasteiger partial charge in [-0.2, -0.15) is 0 Å². The Labute approximate surface area is 159 Å². The zero-order valence-corrected chi connectivity index (χ0v) is 15.6. The Hall–Kier alpha value is -2.74. The highest BCUT2D eigenvalue weighted by atomic mass is 16.2. The number of nitrogens with one attached hydrogen (secondary N) is 2. The van der Waals surface area contributed by atoms with Gasteiger partial charge in [0.15, 0.2) is 0 Å². The Balaban J connectivity index is 1.52. The van der Waals surface area contributed by atoms with Gasteiger partial charge in [0, 0.05) is 39.1 Å². The summed E-state index contributed by atoms with van der Waals surface area (Å²) in [6.07, 6.45) is 2.45. The zero-order valence-electron chi connectivity index (χ0n) is 15.6. The van der Waals surface area contributed by atoms with Crippen LogP contribution < -0.4 is 10.6 Å². The number of aromatic nitrogens is 3. The molecule has 0 radical (unpaired) electrons. The highest BCUT2D eigenvalue weighted by Crippen LogP contribution is 2.13. The lowest BCUT2D eigenvalue weighted by Crippen LogP contribution is -2.56. The third-order valence-electron chi connectivity index (χ3n) is 4.76. The van der Waals surface area contributed by atoms with E-state index in [0.717, 1.165) is 24.5 Å². The van der Waals surface area contributed by atoms with Crippen molar-refractivity contribution in [3.63, 3.8) is 0 Å². The molecule has 2 heterocycles. The minimum absolute atomic E-state index is 0.0851. The first-order valence-corrected chi connectivity index (χ1v) is 9.36. The third-order valence-corrected chi connectivity index (χ3v) is 4.76. The summed E-state index contributed by atoms with van der Waals surface area (Å²) in [5.74, 6) is 0.634. The molecule has 1 fully saturated rings. The first-order valence-electron chi connectivity index (χ1n) is 9.36. The number of hydrogen-bond donors (Lipinski definition) is 2. The second-order valence-electron chi connectivity index (χ2n) is 6.60. The molecule has 0 saturated carbocycles. The molecule has 27 heavy (non-hydrogen) atoms. The Kier molecular flexibility index (Phi) is 6.54. The van der Waals surface area contributed by atoms with E-state index in [9.17, 15) is 9.59 Å². The lowest BCUT2D eigenvalue weighted by atomic mass is 10.1. The van der Waals surface area contributed by atoms with Crippen LogP contribution in [-0.4, -0.2) is 57.2 Å². The van der Waals surface area contributed by atoms with Gasteiger partial charge in [0.25, 0.3) is 0 Å². The molecule has 8 nitrogen and oxygen atoms in total. The molecule has 0 spiro atoms. The Morgan fingerprint density at radius 1 is 1.33 bits per heavy atom. The van der Waals surface area contributed by atoms with Crippen molar-refractivity contribution in [3.05, 3.63) is 48.0 Å². The lowest BCUT2D eigenvalue weighted by molar-refractivity contribution is -0.134. The average Bonchev–Trinajstić information content (AvgIpc) is 3.13. The van der Waals surface area contributed by atoms with Crippen LogP contribution >= 0.6 is 0 Å². The van der Waals surface area contributed by atoms with E-state index in [1.807, 2.05) is 41.8 Å². The molecular weight excluding hydrogens is 344 g/mol. The van der Waals surface area contributed by atoms with Crippen LogP contribution in [0.25, 0.3) is 0 Å². The van der Waals surface area contributed by atoms with Crippen LogP contribution in [0.15, 0.2) is 36.7 Å². The van der Waals surface area contributed by atoms with Crippen LogP contribution in [0.2, 0.25) is 0 Å². The second kappa shape index (κ2) is 9.27. The Morgan fingerprint density at radius 3 is 2.93 bits per heavy atom. The molecule has 0 aliphatic carbocycles. The van der Waals surface area contributed by atoms with Crippen molar-refractivity contribution in [1.29, 1.82) is 0 Å². The Morgan fingerprint density at radius 2 is 2.15 bits per heavy atom. The second-order valence-corrected chi connectivity index (χ2v) is 6.60. The summed E-state index contributed by atoms with van der Waals surface area (Å²) in [6.45, 7) is 5.30. The molecule has 1 saturated heterocycles. The fourth-order valence-corrected chi connectivity index (χ4v) is 3.29. The van der Waals surface area contributed by atoms with Crippen molar-refractivity contribution < 1.29 is 9.59 Å². The maximum absolute atomic E-state index is 12.4. The molecule has 0 bridgehead atoms. The molecule has 1 unspecified atom stereocenters. The van der Waals surface area contributed by atoms with Crippen molar-refractivity contribution in [3.8, 4) is 0 Å². The maximum Gasteiger partial charge on any atom is 0.237 e. The van der Waals surface area contributed by atoms with Gasteiger partial charge in [0.1, 0.15) is 12.2 Å². The average molecular weight is 370 g/mol. The molecule has 1 atom stereocenters. The first-order chi connectivity index (χ1) is 13.2. The largest absolute Gasteiger partial charge is 0.356 e. The fourth-order valence-electron chi connectivity index (χ4n) is 3.29. The molecule has 1 aliphatic rings. The molecule has 1 aliphatic heterocycles. The number of carbonyl (C=O) groups excluding carboxylic acids is 2. The predicted molar refractivity (Wildman–Crippen MR) is 101 cm³/mol. The standard InChI is InChI=1S/C19H26N6O2/c1-2-24-14-22-23-17(24)8-9-20-18(26)12-16-19(27)21-10-11-25(16)13-15-6-4-3-5-7-15/h3-7,14,16H,2,8-13H2,1H3,(H,20,26)(H,21,27). The molecule has 2 N–H and O–H groups in total. The van der Waals surface area contributed by atoms with E-state index in [1.165, 1.54) is 0 Å². The summed E-state index contributed by atoms with van der Waals surface area (Å²) >= 11 is 0. The molecule has 3 rings (SSSR count). The number of amides is 2. The molecule has 2 aromatic rings. The number of nitrogens with zero attached hydrogens (tertiary/aromatic N) is 4. The van der Waals surface area contributed by atoms with Crippen LogP contribution in [0.4, 0.5) is 0 Å². The summed E-state index contributed by atoms with van der Waals surface area (Å²) < 4.78 is 1.95. The van der Waals surface area contributed by atoms with E-state index in [2.05, 4.69) is 25.7 Å². The normalized spacial score (nSPS) is 17.5. The lowest BCUT2D eigenvalue weighted by Gasteiger charge is -2.34. The molecular formula is C19H26N6O2. The first kappa shape index (κ1) is 19.0. The summed E-state index contributed by atoms with van der Waals surface area (Å²) in [7, 11) is 0. The number of benzene rings is 1. The van der Waals surface area contributed by atoms with E-state index < -0.39 is 6.04 Å². The summed E-state index contributed by atoms with van der Waals surface area (Å²) in [5, 5.41) is 13.7. The predicted octanol–water partition coefficient (Wildman–Crippen LogP) is 0.347. The topological polar surface area (TPSA) is 92.1 Å². The van der Waals surface area contributed by atoms with Gasteiger partial charge in [-0.25, -0.2) is 0 Å². The van der Waals surface area contributed by atoms with Gasteiger partial charge in [-0.15, -0.1) is 10.2 Å². The highest BCUT2D eigenvalue weighted by molar-refractivity contribution is 5.88. The van der Waals surface area contributed by atoms with Gasteiger partial charge < -0.3 is 15.2 Å². The quantitative estimate of drug-likeness (QED) is 0.699. The van der Waals surface area contributed by atoms with E-state index >= 15 is 0 Å². The smallest absolute Gasteiger partial charge is 0.237 e. The van der Waals surface area contributed by atoms with E-state index in [4.69, 9.17) is 0 Å². The van der Waals surface area contributed by atoms with Gasteiger partial charge in [-0.1, -0.05) is 30.3 Å². The fraction of sp³-hybridized carbons (Fsp3) is 0.474. The van der Waals surface area contributed by atoms with Crippen LogP contribution in [0.5, 0.6) is 0 Å². The minimum atomic E-state index is -0.446. The number of carbonyl (C=O) groups is 2. The highest BCUT2D eigenvalue weighted by Gasteiger charge is 2.31. The Bertz CT molecular complexity index is 761. The maximum atomic E-state index is 12.4. The summed E-state index contributed by atoms with van der Waals surface area (Å²) in [4.78, 5) is 26.8. The third kappa shape index (κ3) is 5.13. The van der Waals surface area contributed by atoms with Gasteiger partial charge in [-0.3, -0.25) is 14.5 Å². The van der Waals surface area contributed by atoms with Crippen molar-refractivity contribution in [2.45, 2.75) is 38.9 Å². The summed E-state index contributed by atoms with van der Waals surface area (Å²) in [5.41, 5.74) is 1.14. The van der Waals surface area contributed by atoms with Gasteiger partial charge in [0.2, 0.25) is 11.8 Å². The van der Waals surface area contributed by atoms with Gasteiger partial charge >= 0.3 is 0 Å². The summed E-state index contributed by atoms with van der Waals surface area (Å²) in [6, 6.07) is 9.56. The number of piperazine rings is 1. The monoisotopic (exact) mass is 370 g/mol. The number of rotatable bonds is 8. The molecule has 1 aromatic heterocycles. The molecule has 1 aromatic carbocycles. The van der Waals surface area contributed by atoms with Crippen molar-refractivity contribution >= 4 is 11.8 Å². The van der Waals surface area contributed by atoms with Crippen LogP contribution in [-0.2, 0) is 29.1 Å². The van der Waals surface area contributed by atoms with Gasteiger partial charge in [0.05, 0.1) is 12.5 Å². The van der Waals surface area contributed by atoms with E-state index in [0.29, 0.717) is 26.1 Å². The molecule has 8 heteroatoms. The van der Waals surface area contributed by atoms with Crippen LogP contribution in [0, 0.1) is 0 Å². The molecule has 2 amide bonds. The molecule has 144 valence electrons. The van der Waals surface area contributed by atoms with Crippen molar-refractivity contribution in [2.75, 3.05) is 19.6 Å².